The minimum absolute atomic E-state index is 0.00900. The number of ether oxygens (including phenoxy) is 1. The topological polar surface area (TPSA) is 110 Å². The van der Waals surface area contributed by atoms with E-state index < -0.39 is 16.1 Å². The molecule has 1 aliphatic heterocycles. The molecule has 0 radical (unpaired) electrons. The lowest BCUT2D eigenvalue weighted by molar-refractivity contribution is -0.384. The first-order valence-corrected chi connectivity index (χ1v) is 9.15. The molecule has 1 aliphatic rings. The van der Waals surface area contributed by atoms with Crippen LogP contribution >= 0.6 is 11.8 Å². The second kappa shape index (κ2) is 8.13. The van der Waals surface area contributed by atoms with Gasteiger partial charge in [0.1, 0.15) is 0 Å². The van der Waals surface area contributed by atoms with E-state index in [0.717, 1.165) is 16.7 Å². The van der Waals surface area contributed by atoms with Crippen molar-refractivity contribution in [1.29, 1.82) is 0 Å². The molecule has 2 aromatic carbocycles. The molecule has 0 unspecified atom stereocenters. The number of nitro groups is 1. The number of amides is 2. The second-order valence-electron chi connectivity index (χ2n) is 5.85. The number of hydrogen-bond acceptors (Lipinski definition) is 7. The summed E-state index contributed by atoms with van der Waals surface area (Å²) < 4.78 is 5.32. The van der Waals surface area contributed by atoms with Crippen molar-refractivity contribution in [3.05, 3.63) is 68.6 Å². The number of non-ortho nitro benzene ring substituents is 1. The molecule has 28 heavy (non-hydrogen) atoms. The number of imide groups is 1. The average Bonchev–Trinajstić information content (AvgIpc) is 2.92. The summed E-state index contributed by atoms with van der Waals surface area (Å²) in [6.45, 7) is 2.19. The normalized spacial score (nSPS) is 15.3. The van der Waals surface area contributed by atoms with Crippen molar-refractivity contribution >= 4 is 34.7 Å². The molecule has 0 saturated carbocycles. The summed E-state index contributed by atoms with van der Waals surface area (Å²) in [4.78, 5) is 36.4. The van der Waals surface area contributed by atoms with Gasteiger partial charge in [-0.2, -0.15) is 0 Å². The summed E-state index contributed by atoms with van der Waals surface area (Å²) in [5.41, 5.74) is 1.16. The van der Waals surface area contributed by atoms with Crippen LogP contribution in [-0.4, -0.2) is 32.7 Å². The Morgan fingerprint density at radius 1 is 1.21 bits per heavy atom. The number of benzene rings is 2. The fourth-order valence-corrected chi connectivity index (χ4v) is 3.42. The monoisotopic (exact) mass is 400 g/mol. The maximum absolute atomic E-state index is 12.6. The molecule has 2 amide bonds. The highest BCUT2D eigenvalue weighted by molar-refractivity contribution is 8.18. The van der Waals surface area contributed by atoms with Crippen molar-refractivity contribution in [1.82, 2.24) is 4.90 Å². The van der Waals surface area contributed by atoms with Crippen molar-refractivity contribution < 1.29 is 24.4 Å². The third kappa shape index (κ3) is 4.15. The summed E-state index contributed by atoms with van der Waals surface area (Å²) in [6.07, 6.45) is 1.56. The van der Waals surface area contributed by atoms with Gasteiger partial charge in [0.05, 0.1) is 23.0 Å². The first-order valence-electron chi connectivity index (χ1n) is 8.33. The predicted molar refractivity (Wildman–Crippen MR) is 104 cm³/mol. The molecule has 0 aromatic heterocycles. The van der Waals surface area contributed by atoms with Gasteiger partial charge in [-0.1, -0.05) is 18.2 Å². The van der Waals surface area contributed by atoms with E-state index in [1.165, 1.54) is 30.3 Å². The van der Waals surface area contributed by atoms with Crippen LogP contribution in [0.4, 0.5) is 10.5 Å². The quantitative estimate of drug-likeness (QED) is 0.444. The molecule has 1 saturated heterocycles. The third-order valence-corrected chi connectivity index (χ3v) is 4.85. The van der Waals surface area contributed by atoms with Gasteiger partial charge in [0.15, 0.2) is 11.5 Å². The van der Waals surface area contributed by atoms with E-state index >= 15 is 0 Å². The lowest BCUT2D eigenvalue weighted by Crippen LogP contribution is -2.27. The fourth-order valence-electron chi connectivity index (χ4n) is 2.58. The third-order valence-electron chi connectivity index (χ3n) is 3.94. The summed E-state index contributed by atoms with van der Waals surface area (Å²) in [6, 6.07) is 10.3. The van der Waals surface area contributed by atoms with E-state index in [1.54, 1.807) is 25.1 Å². The average molecular weight is 400 g/mol. The molecular weight excluding hydrogens is 384 g/mol. The Labute approximate surface area is 164 Å². The van der Waals surface area contributed by atoms with Gasteiger partial charge in [-0.25, -0.2) is 0 Å². The summed E-state index contributed by atoms with van der Waals surface area (Å²) in [5.74, 6) is -0.161. The van der Waals surface area contributed by atoms with Crippen molar-refractivity contribution in [2.45, 2.75) is 13.5 Å². The number of hydrogen-bond donors (Lipinski definition) is 1. The van der Waals surface area contributed by atoms with Gasteiger partial charge in [-0.15, -0.1) is 0 Å². The van der Waals surface area contributed by atoms with E-state index in [2.05, 4.69) is 0 Å². The molecule has 1 fully saturated rings. The summed E-state index contributed by atoms with van der Waals surface area (Å²) in [7, 11) is 0. The number of aromatic hydroxyl groups is 1. The molecule has 144 valence electrons. The molecular formula is C19H16N2O6S. The number of phenolic OH excluding ortho intramolecular Hbond substituents is 1. The minimum atomic E-state index is -0.513. The molecule has 1 N–H and O–H groups in total. The van der Waals surface area contributed by atoms with Crippen LogP contribution in [0.3, 0.4) is 0 Å². The number of carbonyl (C=O) groups excluding carboxylic acids is 2. The van der Waals surface area contributed by atoms with Crippen LogP contribution in [0.1, 0.15) is 18.1 Å². The van der Waals surface area contributed by atoms with E-state index in [4.69, 9.17) is 4.74 Å². The maximum Gasteiger partial charge on any atom is 0.293 e. The van der Waals surface area contributed by atoms with Gasteiger partial charge in [0.2, 0.25) is 0 Å². The van der Waals surface area contributed by atoms with Crippen LogP contribution in [-0.2, 0) is 11.3 Å². The van der Waals surface area contributed by atoms with Crippen molar-refractivity contribution in [3.8, 4) is 11.5 Å². The first-order chi connectivity index (χ1) is 13.4. The van der Waals surface area contributed by atoms with Crippen LogP contribution < -0.4 is 4.74 Å². The van der Waals surface area contributed by atoms with Crippen LogP contribution in [0, 0.1) is 10.1 Å². The van der Waals surface area contributed by atoms with Gasteiger partial charge in [-0.05, 0) is 48.0 Å². The van der Waals surface area contributed by atoms with Gasteiger partial charge in [-0.3, -0.25) is 24.6 Å². The van der Waals surface area contributed by atoms with Crippen LogP contribution in [0.15, 0.2) is 47.4 Å². The van der Waals surface area contributed by atoms with E-state index in [-0.39, 0.29) is 22.9 Å². The number of thioether (sulfide) groups is 1. The molecule has 0 aliphatic carbocycles. The van der Waals surface area contributed by atoms with Crippen molar-refractivity contribution in [3.63, 3.8) is 0 Å². The second-order valence-corrected chi connectivity index (χ2v) is 6.84. The van der Waals surface area contributed by atoms with Gasteiger partial charge >= 0.3 is 0 Å². The van der Waals surface area contributed by atoms with E-state index in [9.17, 15) is 24.8 Å². The molecule has 8 nitrogen and oxygen atoms in total. The maximum atomic E-state index is 12.6. The number of carbonyl (C=O) groups is 2. The first kappa shape index (κ1) is 19.4. The standard InChI is InChI=1S/C19H16N2O6S/c1-2-27-16-9-13(5-8-15(16)22)10-17-18(23)20(19(24)28-17)11-12-3-6-14(7-4-12)21(25)26/h3-10,22H,2,11H2,1H3/b17-10+. The van der Waals surface area contributed by atoms with Gasteiger partial charge in [0, 0.05) is 12.1 Å². The fraction of sp³-hybridized carbons (Fsp3) is 0.158. The Balaban J connectivity index is 1.78. The smallest absolute Gasteiger partial charge is 0.293 e. The van der Waals surface area contributed by atoms with E-state index in [0.29, 0.717) is 23.5 Å². The highest BCUT2D eigenvalue weighted by atomic mass is 32.2. The predicted octanol–water partition coefficient (Wildman–Crippen LogP) is 3.94. The molecule has 0 atom stereocenters. The SMILES string of the molecule is CCOc1cc(/C=C2/SC(=O)N(Cc3ccc([N+](=O)[O-])cc3)C2=O)ccc1O. The van der Waals surface area contributed by atoms with Crippen molar-refractivity contribution in [2.75, 3.05) is 6.61 Å². The Morgan fingerprint density at radius 3 is 2.57 bits per heavy atom. The largest absolute Gasteiger partial charge is 0.504 e. The molecule has 2 aromatic rings. The lowest BCUT2D eigenvalue weighted by Gasteiger charge is -2.12. The number of phenols is 1. The zero-order valence-corrected chi connectivity index (χ0v) is 15.6. The highest BCUT2D eigenvalue weighted by Crippen LogP contribution is 2.35. The van der Waals surface area contributed by atoms with Gasteiger partial charge in [0.25, 0.3) is 16.8 Å². The number of nitro benzene ring substituents is 1. The Kier molecular flexibility index (Phi) is 5.65. The number of nitrogens with zero attached hydrogens (tertiary/aromatic N) is 2. The van der Waals surface area contributed by atoms with Crippen LogP contribution in [0.5, 0.6) is 11.5 Å². The highest BCUT2D eigenvalue weighted by Gasteiger charge is 2.35. The molecule has 1 heterocycles. The van der Waals surface area contributed by atoms with Crippen LogP contribution in [0.25, 0.3) is 6.08 Å². The zero-order valence-electron chi connectivity index (χ0n) is 14.8. The minimum Gasteiger partial charge on any atom is -0.504 e. The Morgan fingerprint density at radius 2 is 1.93 bits per heavy atom. The summed E-state index contributed by atoms with van der Waals surface area (Å²) in [5, 5.41) is 20.1. The Bertz CT molecular complexity index is 971. The molecule has 0 spiro atoms. The lowest BCUT2D eigenvalue weighted by atomic mass is 10.1. The van der Waals surface area contributed by atoms with Gasteiger partial charge < -0.3 is 9.84 Å². The molecule has 9 heteroatoms. The Hall–Kier alpha value is -3.33. The van der Waals surface area contributed by atoms with E-state index in [1.807, 2.05) is 0 Å². The zero-order chi connectivity index (χ0) is 20.3. The molecule has 3 rings (SSSR count). The molecule has 0 bridgehead atoms. The van der Waals surface area contributed by atoms with Crippen LogP contribution in [0.2, 0.25) is 0 Å². The number of rotatable bonds is 6. The summed E-state index contributed by atoms with van der Waals surface area (Å²) >= 11 is 0.814. The van der Waals surface area contributed by atoms with Crippen molar-refractivity contribution in [2.24, 2.45) is 0 Å².